The maximum Gasteiger partial charge on any atom is 2.00 e. The Morgan fingerprint density at radius 1 is 0.630 bits per heavy atom. The molecule has 9 heteroatoms. The molecule has 2 aliphatic heterocycles. The molecular formula is C18H20Cl2N2O4Pt. The minimum Gasteiger partial charge on any atom is -1.00 e. The Balaban J connectivity index is 0.00000121. The van der Waals surface area contributed by atoms with Crippen LogP contribution in [0.1, 0.15) is 34.3 Å². The molecular weight excluding hydrogens is 574 g/mol. The maximum atomic E-state index is 9.90. The monoisotopic (exact) mass is 593 g/mol. The molecule has 2 heterocycles. The first-order chi connectivity index (χ1) is 11.5. The number of rotatable bonds is 1. The molecule has 2 aromatic rings. The SMILES string of the molecule is Oc1cc2c(cc1O)[C@H]([C@H]1NCCc3cc(O)c(O)cc31)NCC2.[Cl-].[Cl-].[Pt+2]. The number of phenols is 4. The van der Waals surface area contributed by atoms with Crippen LogP contribution in [-0.4, -0.2) is 33.5 Å². The van der Waals surface area contributed by atoms with Crippen LogP contribution in [0.3, 0.4) is 0 Å². The van der Waals surface area contributed by atoms with Crippen molar-refractivity contribution in [2.45, 2.75) is 24.9 Å². The van der Waals surface area contributed by atoms with Crippen molar-refractivity contribution in [3.8, 4) is 23.0 Å². The smallest absolute Gasteiger partial charge is 1.00 e. The molecule has 0 unspecified atom stereocenters. The van der Waals surface area contributed by atoms with Gasteiger partial charge in [-0.2, -0.15) is 0 Å². The number of fused-ring (bicyclic) bond motifs is 2. The summed E-state index contributed by atoms with van der Waals surface area (Å²) in [6.07, 6.45) is 1.56. The maximum absolute atomic E-state index is 9.90. The summed E-state index contributed by atoms with van der Waals surface area (Å²) in [5.41, 5.74) is 3.89. The fourth-order valence-electron chi connectivity index (χ4n) is 3.82. The molecule has 0 spiro atoms. The summed E-state index contributed by atoms with van der Waals surface area (Å²) in [6.45, 7) is 1.53. The van der Waals surface area contributed by atoms with Gasteiger partial charge >= 0.3 is 21.1 Å². The van der Waals surface area contributed by atoms with Gasteiger partial charge < -0.3 is 55.9 Å². The zero-order chi connectivity index (χ0) is 16.8. The Labute approximate surface area is 184 Å². The molecule has 0 amide bonds. The summed E-state index contributed by atoms with van der Waals surface area (Å²) >= 11 is 0. The Bertz CT molecular complexity index is 755. The minimum absolute atomic E-state index is 0. The van der Waals surface area contributed by atoms with E-state index in [-0.39, 0.29) is 81.0 Å². The van der Waals surface area contributed by atoms with E-state index < -0.39 is 0 Å². The molecule has 0 saturated carbocycles. The van der Waals surface area contributed by atoms with Crippen LogP contribution < -0.4 is 35.4 Å². The Morgan fingerprint density at radius 2 is 0.963 bits per heavy atom. The third-order valence-electron chi connectivity index (χ3n) is 4.99. The molecule has 0 radical (unpaired) electrons. The number of halogens is 2. The molecule has 2 atom stereocenters. The van der Waals surface area contributed by atoms with Gasteiger partial charge in [0.2, 0.25) is 0 Å². The van der Waals surface area contributed by atoms with Gasteiger partial charge in [0.1, 0.15) is 0 Å². The number of phenolic OH excluding ortho intramolecular Hbond substituents is 4. The van der Waals surface area contributed by atoms with Gasteiger partial charge in [-0.05, 0) is 72.5 Å². The average molecular weight is 594 g/mol. The summed E-state index contributed by atoms with van der Waals surface area (Å²) in [4.78, 5) is 0. The first-order valence-corrected chi connectivity index (χ1v) is 8.11. The summed E-state index contributed by atoms with van der Waals surface area (Å²) < 4.78 is 0. The van der Waals surface area contributed by atoms with E-state index in [0.29, 0.717) is 0 Å². The summed E-state index contributed by atoms with van der Waals surface area (Å²) in [5.74, 6) is -0.470. The third kappa shape index (κ3) is 4.30. The number of hydrogen-bond donors (Lipinski definition) is 6. The molecule has 0 saturated heterocycles. The van der Waals surface area contributed by atoms with Crippen molar-refractivity contribution in [2.24, 2.45) is 0 Å². The Hall–Kier alpha value is -1.17. The second kappa shape index (κ2) is 9.35. The molecule has 0 bridgehead atoms. The van der Waals surface area contributed by atoms with E-state index in [1.54, 1.807) is 24.3 Å². The number of aromatic hydroxyl groups is 4. The fraction of sp³-hybridized carbons (Fsp3) is 0.333. The van der Waals surface area contributed by atoms with E-state index in [1.165, 1.54) is 0 Å². The van der Waals surface area contributed by atoms with Crippen LogP contribution in [-0.2, 0) is 33.9 Å². The van der Waals surface area contributed by atoms with E-state index in [2.05, 4.69) is 10.6 Å². The van der Waals surface area contributed by atoms with Crippen LogP contribution >= 0.6 is 0 Å². The molecule has 0 fully saturated rings. The number of nitrogens with one attached hydrogen (secondary N) is 2. The van der Waals surface area contributed by atoms with Crippen LogP contribution in [0, 0.1) is 0 Å². The van der Waals surface area contributed by atoms with Gasteiger partial charge in [0.25, 0.3) is 0 Å². The third-order valence-corrected chi connectivity index (χ3v) is 4.99. The van der Waals surface area contributed by atoms with Gasteiger partial charge in [0, 0.05) is 0 Å². The largest absolute Gasteiger partial charge is 2.00 e. The summed E-state index contributed by atoms with van der Waals surface area (Å²) in [5, 5.41) is 46.2. The number of hydrogen-bond acceptors (Lipinski definition) is 6. The van der Waals surface area contributed by atoms with Gasteiger partial charge in [-0.3, -0.25) is 0 Å². The molecule has 4 rings (SSSR count). The molecule has 2 aliphatic rings. The van der Waals surface area contributed by atoms with Crippen molar-refractivity contribution in [3.63, 3.8) is 0 Å². The normalized spacial score (nSPS) is 20.1. The zero-order valence-corrected chi connectivity index (χ0v) is 17.9. The van der Waals surface area contributed by atoms with Crippen molar-refractivity contribution < 1.29 is 66.3 Å². The molecule has 0 aromatic heterocycles. The minimum atomic E-state index is -0.132. The van der Waals surface area contributed by atoms with E-state index in [0.717, 1.165) is 48.2 Å². The van der Waals surface area contributed by atoms with Crippen molar-refractivity contribution in [3.05, 3.63) is 46.5 Å². The van der Waals surface area contributed by atoms with Gasteiger partial charge in [-0.15, -0.1) is 0 Å². The van der Waals surface area contributed by atoms with Crippen molar-refractivity contribution in [2.75, 3.05) is 13.1 Å². The van der Waals surface area contributed by atoms with Crippen LogP contribution in [0.5, 0.6) is 23.0 Å². The van der Waals surface area contributed by atoms with E-state index in [9.17, 15) is 20.4 Å². The van der Waals surface area contributed by atoms with Crippen molar-refractivity contribution in [1.82, 2.24) is 10.6 Å². The molecule has 2 aromatic carbocycles. The van der Waals surface area contributed by atoms with E-state index in [1.807, 2.05) is 0 Å². The molecule has 150 valence electrons. The average Bonchev–Trinajstić information content (AvgIpc) is 2.56. The van der Waals surface area contributed by atoms with Gasteiger partial charge in [-0.1, -0.05) is 0 Å². The molecule has 6 nitrogen and oxygen atoms in total. The zero-order valence-electron chi connectivity index (χ0n) is 14.2. The predicted octanol–water partition coefficient (Wildman–Crippen LogP) is -4.41. The van der Waals surface area contributed by atoms with Crippen LogP contribution in [0.15, 0.2) is 24.3 Å². The fourth-order valence-corrected chi connectivity index (χ4v) is 3.82. The Morgan fingerprint density at radius 3 is 1.33 bits per heavy atom. The van der Waals surface area contributed by atoms with E-state index in [4.69, 9.17) is 0 Å². The quantitative estimate of drug-likeness (QED) is 0.187. The first-order valence-electron chi connectivity index (χ1n) is 8.11. The second-order valence-corrected chi connectivity index (χ2v) is 6.44. The van der Waals surface area contributed by atoms with Gasteiger partial charge in [0.05, 0.1) is 12.1 Å². The standard InChI is InChI=1S/C18H20N2O4.2ClH.Pt/c21-13-5-9-1-3-19-17(11(9)7-15(13)23)18-12-8-16(24)14(22)6-10(12)2-4-20-18;;;/h5-8,17-24H,1-4H2;2*1H;/q;;;+2/p-2/t17-,18+;;;. The van der Waals surface area contributed by atoms with E-state index >= 15 is 0 Å². The summed E-state index contributed by atoms with van der Waals surface area (Å²) in [6, 6.07) is 6.27. The second-order valence-electron chi connectivity index (χ2n) is 6.44. The van der Waals surface area contributed by atoms with Gasteiger partial charge in [-0.25, -0.2) is 0 Å². The summed E-state index contributed by atoms with van der Waals surface area (Å²) in [7, 11) is 0. The van der Waals surface area contributed by atoms with Crippen LogP contribution in [0.4, 0.5) is 0 Å². The van der Waals surface area contributed by atoms with Crippen LogP contribution in [0.2, 0.25) is 0 Å². The molecule has 6 N–H and O–H groups in total. The first kappa shape index (κ1) is 23.9. The molecule has 0 aliphatic carbocycles. The van der Waals surface area contributed by atoms with Crippen LogP contribution in [0.25, 0.3) is 0 Å². The van der Waals surface area contributed by atoms with Crippen molar-refractivity contribution in [1.29, 1.82) is 0 Å². The van der Waals surface area contributed by atoms with Crippen molar-refractivity contribution >= 4 is 0 Å². The topological polar surface area (TPSA) is 105 Å². The Kier molecular flexibility index (Phi) is 8.27. The molecule has 27 heavy (non-hydrogen) atoms. The van der Waals surface area contributed by atoms with Gasteiger partial charge in [0.15, 0.2) is 23.0 Å². The number of benzene rings is 2. The predicted molar refractivity (Wildman–Crippen MR) is 88.4 cm³/mol.